The number of hydrogen-bond acceptors (Lipinski definition) is 3. The normalized spacial score (nSPS) is 27.0. The van der Waals surface area contributed by atoms with Gasteiger partial charge in [0.2, 0.25) is 0 Å². The van der Waals surface area contributed by atoms with Gasteiger partial charge < -0.3 is 15.3 Å². The Bertz CT molecular complexity index is 679. The molecule has 0 amide bonds. The highest BCUT2D eigenvalue weighted by Gasteiger charge is 2.43. The van der Waals surface area contributed by atoms with E-state index in [0.717, 1.165) is 45.3 Å². The molecule has 1 aromatic carbocycles. The van der Waals surface area contributed by atoms with Gasteiger partial charge in [-0.15, -0.1) is 0 Å². The van der Waals surface area contributed by atoms with E-state index in [0.29, 0.717) is 17.8 Å². The number of benzene rings is 1. The summed E-state index contributed by atoms with van der Waals surface area (Å²) in [5.41, 5.74) is 4.28. The van der Waals surface area contributed by atoms with Crippen molar-refractivity contribution in [3.63, 3.8) is 0 Å². The molecule has 2 N–H and O–H groups in total. The third kappa shape index (κ3) is 6.04. The number of nitrogens with zero attached hydrogens (tertiary/aromatic N) is 1. The molecule has 0 spiro atoms. The fourth-order valence-electron chi connectivity index (χ4n) is 4.88. The zero-order valence-electron chi connectivity index (χ0n) is 17.9. The largest absolute Gasteiger partial charge is 0.392 e. The van der Waals surface area contributed by atoms with Crippen molar-refractivity contribution in [1.29, 1.82) is 0 Å². The molecule has 1 aromatic rings. The van der Waals surface area contributed by atoms with Crippen molar-refractivity contribution < 1.29 is 5.11 Å². The monoisotopic (exact) mass is 382 g/mol. The predicted molar refractivity (Wildman–Crippen MR) is 118 cm³/mol. The molecule has 1 saturated carbocycles. The van der Waals surface area contributed by atoms with Crippen molar-refractivity contribution >= 4 is 0 Å². The van der Waals surface area contributed by atoms with Crippen LogP contribution in [0.25, 0.3) is 0 Å². The SMILES string of the molecule is Cc1cccc(CCC=C[C@@H]2[C@H]3CC(CNCCCN(C)C)=C[C@H]3C[C@H]2O)c1. The molecule has 3 rings (SSSR count). The van der Waals surface area contributed by atoms with Crippen molar-refractivity contribution in [2.24, 2.45) is 17.8 Å². The van der Waals surface area contributed by atoms with Crippen LogP contribution in [0.5, 0.6) is 0 Å². The van der Waals surface area contributed by atoms with Gasteiger partial charge in [0.1, 0.15) is 0 Å². The summed E-state index contributed by atoms with van der Waals surface area (Å²) in [6.07, 6.45) is 12.3. The Labute approximate surface area is 171 Å². The lowest BCUT2D eigenvalue weighted by Crippen LogP contribution is -2.23. The molecule has 2 aliphatic rings. The maximum Gasteiger partial charge on any atom is 0.0611 e. The molecule has 0 bridgehead atoms. The number of aliphatic hydroxyl groups is 1. The van der Waals surface area contributed by atoms with Gasteiger partial charge in [0.25, 0.3) is 0 Å². The maximum atomic E-state index is 10.5. The summed E-state index contributed by atoms with van der Waals surface area (Å²) in [6, 6.07) is 8.77. The zero-order chi connectivity index (χ0) is 19.9. The van der Waals surface area contributed by atoms with Gasteiger partial charge in [-0.05, 0) is 83.6 Å². The van der Waals surface area contributed by atoms with E-state index in [9.17, 15) is 5.11 Å². The van der Waals surface area contributed by atoms with Gasteiger partial charge in [0.05, 0.1) is 6.10 Å². The minimum Gasteiger partial charge on any atom is -0.392 e. The lowest BCUT2D eigenvalue weighted by atomic mass is 9.89. The molecule has 1 fully saturated rings. The van der Waals surface area contributed by atoms with E-state index in [2.05, 4.69) is 73.7 Å². The van der Waals surface area contributed by atoms with Gasteiger partial charge in [-0.2, -0.15) is 0 Å². The fraction of sp³-hybridized carbons (Fsp3) is 0.600. The third-order valence-corrected chi connectivity index (χ3v) is 6.30. The van der Waals surface area contributed by atoms with Crippen molar-refractivity contribution in [3.05, 3.63) is 59.2 Å². The van der Waals surface area contributed by atoms with Gasteiger partial charge in [0, 0.05) is 12.5 Å². The van der Waals surface area contributed by atoms with Gasteiger partial charge in [-0.3, -0.25) is 0 Å². The molecule has 28 heavy (non-hydrogen) atoms. The first-order valence-electron chi connectivity index (χ1n) is 11.0. The maximum absolute atomic E-state index is 10.5. The Hall–Kier alpha value is -1.42. The van der Waals surface area contributed by atoms with E-state index in [1.165, 1.54) is 17.5 Å². The topological polar surface area (TPSA) is 35.5 Å². The number of nitrogens with one attached hydrogen (secondary N) is 1. The molecule has 0 aromatic heterocycles. The molecule has 0 saturated heterocycles. The summed E-state index contributed by atoms with van der Waals surface area (Å²) in [5, 5.41) is 14.1. The molecule has 154 valence electrons. The molecule has 0 heterocycles. The van der Waals surface area contributed by atoms with E-state index in [4.69, 9.17) is 0 Å². The second-order valence-electron chi connectivity index (χ2n) is 9.03. The first kappa shape index (κ1) is 21.3. The van der Waals surface area contributed by atoms with Crippen LogP contribution in [0.4, 0.5) is 0 Å². The molecule has 0 aliphatic heterocycles. The Morgan fingerprint density at radius 3 is 2.93 bits per heavy atom. The van der Waals surface area contributed by atoms with Gasteiger partial charge >= 0.3 is 0 Å². The summed E-state index contributed by atoms with van der Waals surface area (Å²) < 4.78 is 0. The van der Waals surface area contributed by atoms with Crippen LogP contribution in [0.1, 0.15) is 36.8 Å². The molecule has 4 atom stereocenters. The van der Waals surface area contributed by atoms with Crippen LogP contribution < -0.4 is 5.32 Å². The minimum absolute atomic E-state index is 0.170. The molecule has 3 nitrogen and oxygen atoms in total. The third-order valence-electron chi connectivity index (χ3n) is 6.30. The summed E-state index contributed by atoms with van der Waals surface area (Å²) in [5.74, 6) is 1.49. The van der Waals surface area contributed by atoms with Crippen molar-refractivity contribution in [1.82, 2.24) is 10.2 Å². The average Bonchev–Trinajstić information content (AvgIpc) is 3.15. The minimum atomic E-state index is -0.170. The summed E-state index contributed by atoms with van der Waals surface area (Å²) in [4.78, 5) is 2.23. The van der Waals surface area contributed by atoms with Crippen LogP contribution in [-0.4, -0.2) is 49.8 Å². The standard InChI is InChI=1S/C25H38N2O/c1-19-8-6-10-20(14-19)9-4-5-11-23-24-16-21(15-22(24)17-25(23)28)18-26-12-7-13-27(2)3/h5-6,8,10-11,14-15,22-26,28H,4,7,9,12-13,16-18H2,1-3H3/t22-,23+,24-,25+/m0/s1. The number of fused-ring (bicyclic) bond motifs is 1. The zero-order valence-corrected chi connectivity index (χ0v) is 17.9. The lowest BCUT2D eigenvalue weighted by molar-refractivity contribution is 0.141. The quantitative estimate of drug-likeness (QED) is 0.475. The highest BCUT2D eigenvalue weighted by molar-refractivity contribution is 5.23. The fourth-order valence-corrected chi connectivity index (χ4v) is 4.88. The Morgan fingerprint density at radius 2 is 2.14 bits per heavy atom. The number of rotatable bonds is 10. The van der Waals surface area contributed by atoms with Crippen molar-refractivity contribution in [2.75, 3.05) is 33.7 Å². The summed E-state index contributed by atoms with van der Waals surface area (Å²) in [6.45, 7) is 5.38. The molecule has 3 heteroatoms. The first-order valence-corrected chi connectivity index (χ1v) is 11.0. The average molecular weight is 383 g/mol. The second-order valence-corrected chi connectivity index (χ2v) is 9.03. The van der Waals surface area contributed by atoms with E-state index >= 15 is 0 Å². The van der Waals surface area contributed by atoms with Gasteiger partial charge in [-0.25, -0.2) is 0 Å². The van der Waals surface area contributed by atoms with E-state index in [1.54, 1.807) is 5.57 Å². The van der Waals surface area contributed by atoms with Crippen molar-refractivity contribution in [2.45, 2.75) is 45.1 Å². The van der Waals surface area contributed by atoms with Crippen LogP contribution >= 0.6 is 0 Å². The van der Waals surface area contributed by atoms with E-state index < -0.39 is 0 Å². The summed E-state index contributed by atoms with van der Waals surface area (Å²) >= 11 is 0. The van der Waals surface area contributed by atoms with Crippen LogP contribution in [0, 0.1) is 24.7 Å². The highest BCUT2D eigenvalue weighted by atomic mass is 16.3. The number of hydrogen-bond donors (Lipinski definition) is 2. The lowest BCUT2D eigenvalue weighted by Gasteiger charge is -2.18. The molecular weight excluding hydrogens is 344 g/mol. The van der Waals surface area contributed by atoms with Crippen LogP contribution in [0.15, 0.2) is 48.1 Å². The smallest absolute Gasteiger partial charge is 0.0611 e. The Balaban J connectivity index is 1.42. The number of aryl methyl sites for hydroxylation is 2. The number of aliphatic hydroxyl groups excluding tert-OH is 1. The molecule has 0 radical (unpaired) electrons. The summed E-state index contributed by atoms with van der Waals surface area (Å²) in [7, 11) is 4.25. The Morgan fingerprint density at radius 1 is 1.29 bits per heavy atom. The van der Waals surface area contributed by atoms with Gasteiger partial charge in [0.15, 0.2) is 0 Å². The molecule has 0 unspecified atom stereocenters. The predicted octanol–water partition coefficient (Wildman–Crippen LogP) is 3.97. The molecular formula is C25H38N2O. The van der Waals surface area contributed by atoms with E-state index in [1.807, 2.05) is 0 Å². The highest BCUT2D eigenvalue weighted by Crippen LogP contribution is 2.47. The molecule has 2 aliphatic carbocycles. The van der Waals surface area contributed by atoms with Crippen LogP contribution in [0.3, 0.4) is 0 Å². The second kappa shape index (κ2) is 10.4. The number of allylic oxidation sites excluding steroid dienone is 2. The van der Waals surface area contributed by atoms with Crippen molar-refractivity contribution in [3.8, 4) is 0 Å². The van der Waals surface area contributed by atoms with Crippen LogP contribution in [-0.2, 0) is 6.42 Å². The Kier molecular flexibility index (Phi) is 7.90. The van der Waals surface area contributed by atoms with Gasteiger partial charge in [-0.1, -0.05) is 53.6 Å². The first-order chi connectivity index (χ1) is 13.5. The van der Waals surface area contributed by atoms with E-state index in [-0.39, 0.29) is 6.10 Å². The van der Waals surface area contributed by atoms with Crippen LogP contribution in [0.2, 0.25) is 0 Å².